The van der Waals surface area contributed by atoms with E-state index in [1.54, 1.807) is 12.3 Å². The van der Waals surface area contributed by atoms with Crippen molar-refractivity contribution in [3.05, 3.63) is 18.3 Å². The molecule has 0 saturated heterocycles. The third kappa shape index (κ3) is 5.22. The summed E-state index contributed by atoms with van der Waals surface area (Å²) < 4.78 is 5.43. The average molecular weight is 209 g/mol. The van der Waals surface area contributed by atoms with Crippen molar-refractivity contribution in [2.45, 2.75) is 13.8 Å². The van der Waals surface area contributed by atoms with E-state index in [9.17, 15) is 0 Å². The van der Waals surface area contributed by atoms with Crippen LogP contribution in [0, 0.1) is 5.92 Å². The molecule has 1 heterocycles. The first kappa shape index (κ1) is 11.8. The lowest BCUT2D eigenvalue weighted by atomic mass is 10.2. The molecule has 0 aromatic carbocycles. The SMILES string of the molecule is CC(C)COCCNc1ccc(N)nc1. The zero-order chi connectivity index (χ0) is 11.1. The van der Waals surface area contributed by atoms with E-state index < -0.39 is 0 Å². The van der Waals surface area contributed by atoms with Crippen LogP contribution in [0.1, 0.15) is 13.8 Å². The van der Waals surface area contributed by atoms with Gasteiger partial charge in [0.25, 0.3) is 0 Å². The van der Waals surface area contributed by atoms with E-state index >= 15 is 0 Å². The van der Waals surface area contributed by atoms with Gasteiger partial charge in [-0.2, -0.15) is 0 Å². The molecule has 1 aromatic heterocycles. The van der Waals surface area contributed by atoms with Crippen LogP contribution < -0.4 is 11.1 Å². The van der Waals surface area contributed by atoms with Gasteiger partial charge in [-0.15, -0.1) is 0 Å². The third-order valence-corrected chi connectivity index (χ3v) is 1.81. The van der Waals surface area contributed by atoms with E-state index in [1.807, 2.05) is 6.07 Å². The Kier molecular flexibility index (Phi) is 4.90. The Morgan fingerprint density at radius 2 is 2.27 bits per heavy atom. The summed E-state index contributed by atoms with van der Waals surface area (Å²) in [4.78, 5) is 3.98. The highest BCUT2D eigenvalue weighted by Gasteiger charge is 1.94. The molecule has 0 aliphatic carbocycles. The Morgan fingerprint density at radius 3 is 2.87 bits per heavy atom. The first-order valence-electron chi connectivity index (χ1n) is 5.21. The molecular weight excluding hydrogens is 190 g/mol. The van der Waals surface area contributed by atoms with E-state index in [0.717, 1.165) is 18.8 Å². The van der Waals surface area contributed by atoms with Gasteiger partial charge in [0.1, 0.15) is 5.82 Å². The molecule has 0 radical (unpaired) electrons. The number of nitrogen functional groups attached to an aromatic ring is 1. The van der Waals surface area contributed by atoms with Gasteiger partial charge in [0.15, 0.2) is 0 Å². The number of hydrogen-bond donors (Lipinski definition) is 2. The predicted octanol–water partition coefficient (Wildman–Crippen LogP) is 1.75. The van der Waals surface area contributed by atoms with Gasteiger partial charge in [-0.25, -0.2) is 4.98 Å². The first-order valence-corrected chi connectivity index (χ1v) is 5.21. The second-order valence-corrected chi connectivity index (χ2v) is 3.87. The summed E-state index contributed by atoms with van der Waals surface area (Å²) in [6.45, 7) is 6.58. The quantitative estimate of drug-likeness (QED) is 0.701. The molecule has 0 spiro atoms. The van der Waals surface area contributed by atoms with E-state index in [2.05, 4.69) is 24.1 Å². The van der Waals surface area contributed by atoms with Crippen LogP contribution in [0.15, 0.2) is 18.3 Å². The molecule has 4 heteroatoms. The minimum Gasteiger partial charge on any atom is -0.384 e. The summed E-state index contributed by atoms with van der Waals surface area (Å²) >= 11 is 0. The van der Waals surface area contributed by atoms with Crippen LogP contribution in [-0.4, -0.2) is 24.7 Å². The maximum Gasteiger partial charge on any atom is 0.123 e. The summed E-state index contributed by atoms with van der Waals surface area (Å²) in [6.07, 6.45) is 1.72. The molecule has 0 aliphatic rings. The number of anilines is 2. The van der Waals surface area contributed by atoms with Gasteiger partial charge >= 0.3 is 0 Å². The van der Waals surface area contributed by atoms with Gasteiger partial charge in [-0.05, 0) is 18.1 Å². The minimum atomic E-state index is 0.539. The topological polar surface area (TPSA) is 60.2 Å². The lowest BCUT2D eigenvalue weighted by Crippen LogP contribution is -2.12. The number of aromatic nitrogens is 1. The first-order chi connectivity index (χ1) is 7.18. The molecule has 1 rings (SSSR count). The molecule has 0 amide bonds. The fourth-order valence-corrected chi connectivity index (χ4v) is 1.10. The number of rotatable bonds is 6. The lowest BCUT2D eigenvalue weighted by Gasteiger charge is -2.08. The number of ether oxygens (including phenoxy) is 1. The molecule has 4 nitrogen and oxygen atoms in total. The molecule has 1 aromatic rings. The van der Waals surface area contributed by atoms with Crippen molar-refractivity contribution >= 4 is 11.5 Å². The van der Waals surface area contributed by atoms with Crippen molar-refractivity contribution in [3.8, 4) is 0 Å². The van der Waals surface area contributed by atoms with Gasteiger partial charge in [0.05, 0.1) is 18.5 Å². The molecule has 0 saturated carbocycles. The van der Waals surface area contributed by atoms with Crippen LogP contribution in [0.25, 0.3) is 0 Å². The van der Waals surface area contributed by atoms with Gasteiger partial charge in [0, 0.05) is 13.2 Å². The number of hydrogen-bond acceptors (Lipinski definition) is 4. The van der Waals surface area contributed by atoms with E-state index in [1.165, 1.54) is 0 Å². The maximum absolute atomic E-state index is 5.47. The van der Waals surface area contributed by atoms with Crippen molar-refractivity contribution in [2.75, 3.05) is 30.8 Å². The minimum absolute atomic E-state index is 0.539. The van der Waals surface area contributed by atoms with Crippen molar-refractivity contribution < 1.29 is 4.74 Å². The standard InChI is InChI=1S/C11H19N3O/c1-9(2)8-15-6-5-13-10-3-4-11(12)14-7-10/h3-4,7,9,13H,5-6,8H2,1-2H3,(H2,12,14). The monoisotopic (exact) mass is 209 g/mol. The Balaban J connectivity index is 2.12. The predicted molar refractivity (Wildman–Crippen MR) is 62.8 cm³/mol. The van der Waals surface area contributed by atoms with Gasteiger partial charge in [-0.3, -0.25) is 0 Å². The average Bonchev–Trinajstić information content (AvgIpc) is 2.20. The van der Waals surface area contributed by atoms with Gasteiger partial charge in [-0.1, -0.05) is 13.8 Å². The Hall–Kier alpha value is -1.29. The van der Waals surface area contributed by atoms with E-state index in [0.29, 0.717) is 18.3 Å². The van der Waals surface area contributed by atoms with Crippen molar-refractivity contribution in [3.63, 3.8) is 0 Å². The molecule has 0 bridgehead atoms. The van der Waals surface area contributed by atoms with Crippen LogP contribution >= 0.6 is 0 Å². The van der Waals surface area contributed by atoms with Crippen LogP contribution in [0.5, 0.6) is 0 Å². The second-order valence-electron chi connectivity index (χ2n) is 3.87. The van der Waals surface area contributed by atoms with E-state index in [-0.39, 0.29) is 0 Å². The summed E-state index contributed by atoms with van der Waals surface area (Å²) in [6, 6.07) is 3.68. The van der Waals surface area contributed by atoms with Crippen molar-refractivity contribution in [1.82, 2.24) is 4.98 Å². The number of nitrogens with zero attached hydrogens (tertiary/aromatic N) is 1. The largest absolute Gasteiger partial charge is 0.384 e. The molecule has 0 fully saturated rings. The number of nitrogens with one attached hydrogen (secondary N) is 1. The molecule has 0 aliphatic heterocycles. The molecule has 84 valence electrons. The Morgan fingerprint density at radius 1 is 1.47 bits per heavy atom. The lowest BCUT2D eigenvalue weighted by molar-refractivity contribution is 0.118. The third-order valence-electron chi connectivity index (χ3n) is 1.81. The number of nitrogens with two attached hydrogens (primary N) is 1. The molecule has 3 N–H and O–H groups in total. The Labute approximate surface area is 90.8 Å². The highest BCUT2D eigenvalue weighted by Crippen LogP contribution is 2.05. The second kappa shape index (κ2) is 6.24. The van der Waals surface area contributed by atoms with Crippen LogP contribution in [0.2, 0.25) is 0 Å². The fourth-order valence-electron chi connectivity index (χ4n) is 1.10. The molecule has 0 atom stereocenters. The summed E-state index contributed by atoms with van der Waals surface area (Å²) in [5.74, 6) is 1.12. The van der Waals surface area contributed by atoms with E-state index in [4.69, 9.17) is 10.5 Å². The van der Waals surface area contributed by atoms with Crippen LogP contribution in [-0.2, 0) is 4.74 Å². The van der Waals surface area contributed by atoms with Crippen LogP contribution in [0.4, 0.5) is 11.5 Å². The summed E-state index contributed by atoms with van der Waals surface area (Å²) in [7, 11) is 0. The normalized spacial score (nSPS) is 10.6. The zero-order valence-electron chi connectivity index (χ0n) is 9.36. The van der Waals surface area contributed by atoms with Crippen molar-refractivity contribution in [2.24, 2.45) is 5.92 Å². The Bertz CT molecular complexity index is 272. The highest BCUT2D eigenvalue weighted by atomic mass is 16.5. The van der Waals surface area contributed by atoms with Gasteiger partial charge in [0.2, 0.25) is 0 Å². The summed E-state index contributed by atoms with van der Waals surface area (Å²) in [5.41, 5.74) is 6.44. The zero-order valence-corrected chi connectivity index (χ0v) is 9.36. The summed E-state index contributed by atoms with van der Waals surface area (Å²) in [5, 5.41) is 3.20. The molecular formula is C11H19N3O. The fraction of sp³-hybridized carbons (Fsp3) is 0.545. The highest BCUT2D eigenvalue weighted by molar-refractivity contribution is 5.45. The maximum atomic E-state index is 5.47. The number of pyridine rings is 1. The molecule has 15 heavy (non-hydrogen) atoms. The van der Waals surface area contributed by atoms with Crippen LogP contribution in [0.3, 0.4) is 0 Å². The molecule has 0 unspecified atom stereocenters. The van der Waals surface area contributed by atoms with Gasteiger partial charge < -0.3 is 15.8 Å². The van der Waals surface area contributed by atoms with Crippen molar-refractivity contribution in [1.29, 1.82) is 0 Å². The smallest absolute Gasteiger partial charge is 0.123 e.